The van der Waals surface area contributed by atoms with Crippen LogP contribution in [0, 0.1) is 11.8 Å². The topological polar surface area (TPSA) is 130 Å². The molecule has 0 fully saturated rings. The fourth-order valence-corrected chi connectivity index (χ4v) is 6.07. The summed E-state index contributed by atoms with van der Waals surface area (Å²) in [5.74, 6) is 0.625. The number of nitrogens with one attached hydrogen (secondary N) is 2. The van der Waals surface area contributed by atoms with Crippen LogP contribution in [0.3, 0.4) is 0 Å². The lowest BCUT2D eigenvalue weighted by Crippen LogP contribution is -2.43. The predicted molar refractivity (Wildman–Crippen MR) is 159 cm³/mol. The number of aromatic nitrogens is 4. The standard InChI is InChI=1S/C32H41N7O2/c1-21-8-11-23-12-13-24(19-34-28(40)18-31(2,3)33)30(41)39(27(23)17-21)20-22-9-14-25(15-10-22)32(4)16-6-5-7-26(32)29-35-37-38-36-29/h5-11,14-15,21,24H,12-13,16-20,33H2,1-4H3,(H,34,40)(H,35,36,37,38)/t21?,24-,32?/m0/s1. The number of tetrazole rings is 1. The molecule has 2 aliphatic carbocycles. The minimum absolute atomic E-state index is 0.0700. The van der Waals surface area contributed by atoms with E-state index < -0.39 is 5.54 Å². The van der Waals surface area contributed by atoms with Gasteiger partial charge in [-0.05, 0) is 67.4 Å². The minimum Gasteiger partial charge on any atom is -0.355 e. The third kappa shape index (κ3) is 6.40. The smallest absolute Gasteiger partial charge is 0.231 e. The van der Waals surface area contributed by atoms with Gasteiger partial charge in [-0.1, -0.05) is 68.5 Å². The molecular formula is C32H41N7O2. The highest BCUT2D eigenvalue weighted by molar-refractivity contribution is 5.83. The molecule has 2 heterocycles. The highest BCUT2D eigenvalue weighted by Crippen LogP contribution is 2.42. The van der Waals surface area contributed by atoms with Crippen molar-refractivity contribution in [3.05, 3.63) is 82.9 Å². The average molecular weight is 556 g/mol. The number of rotatable bonds is 8. The monoisotopic (exact) mass is 555 g/mol. The number of carbonyl (C=O) groups is 2. The summed E-state index contributed by atoms with van der Waals surface area (Å²) >= 11 is 0. The molecule has 3 aliphatic rings. The summed E-state index contributed by atoms with van der Waals surface area (Å²) in [6, 6.07) is 8.53. The van der Waals surface area contributed by atoms with Crippen LogP contribution in [0.5, 0.6) is 0 Å². The molecule has 41 heavy (non-hydrogen) atoms. The zero-order valence-corrected chi connectivity index (χ0v) is 24.5. The maximum absolute atomic E-state index is 14.0. The first kappa shape index (κ1) is 28.7. The molecule has 4 N–H and O–H groups in total. The van der Waals surface area contributed by atoms with Crippen molar-refractivity contribution in [2.24, 2.45) is 17.6 Å². The van der Waals surface area contributed by atoms with Crippen molar-refractivity contribution in [2.45, 2.75) is 77.3 Å². The number of H-pyrrole nitrogens is 1. The van der Waals surface area contributed by atoms with Crippen LogP contribution in [0.15, 0.2) is 65.9 Å². The first-order valence-corrected chi connectivity index (χ1v) is 14.5. The molecule has 9 nitrogen and oxygen atoms in total. The predicted octanol–water partition coefficient (Wildman–Crippen LogP) is 4.33. The van der Waals surface area contributed by atoms with Crippen LogP contribution < -0.4 is 11.1 Å². The summed E-state index contributed by atoms with van der Waals surface area (Å²) in [4.78, 5) is 28.5. The quantitative estimate of drug-likeness (QED) is 0.445. The van der Waals surface area contributed by atoms with Crippen molar-refractivity contribution in [3.63, 3.8) is 0 Å². The Bertz CT molecular complexity index is 1400. The Morgan fingerprint density at radius 2 is 2.05 bits per heavy atom. The number of benzene rings is 1. The van der Waals surface area contributed by atoms with E-state index in [9.17, 15) is 9.59 Å². The SMILES string of the molecule is CC1C=CC2=C(C1)N(Cc1ccc(C3(C)CC=CC=C3c3nn[nH]n3)cc1)C(=O)[C@H](CNC(=O)CC(C)(C)N)CC2. The molecule has 5 rings (SSSR count). The number of hydrogen-bond acceptors (Lipinski definition) is 6. The van der Waals surface area contributed by atoms with Crippen molar-refractivity contribution in [1.82, 2.24) is 30.8 Å². The summed E-state index contributed by atoms with van der Waals surface area (Å²) in [5, 5.41) is 17.8. The van der Waals surface area contributed by atoms with Gasteiger partial charge in [0.1, 0.15) is 0 Å². The van der Waals surface area contributed by atoms with E-state index in [0.717, 1.165) is 41.7 Å². The van der Waals surface area contributed by atoms with Gasteiger partial charge in [-0.3, -0.25) is 9.59 Å². The highest BCUT2D eigenvalue weighted by Gasteiger charge is 2.36. The van der Waals surface area contributed by atoms with E-state index in [1.807, 2.05) is 24.8 Å². The lowest BCUT2D eigenvalue weighted by Gasteiger charge is -2.33. The lowest BCUT2D eigenvalue weighted by molar-refractivity contribution is -0.134. The van der Waals surface area contributed by atoms with Crippen LogP contribution in [0.1, 0.15) is 76.8 Å². The molecule has 2 aromatic rings. The van der Waals surface area contributed by atoms with Crippen molar-refractivity contribution in [2.75, 3.05) is 6.54 Å². The van der Waals surface area contributed by atoms with E-state index in [0.29, 0.717) is 31.3 Å². The van der Waals surface area contributed by atoms with E-state index in [1.54, 1.807) is 0 Å². The lowest BCUT2D eigenvalue weighted by atomic mass is 9.71. The van der Waals surface area contributed by atoms with Crippen LogP contribution in [0.2, 0.25) is 0 Å². The number of nitrogens with two attached hydrogens (primary N) is 1. The number of aromatic amines is 1. The average Bonchev–Trinajstić information content (AvgIpc) is 3.42. The molecule has 9 heteroatoms. The largest absolute Gasteiger partial charge is 0.355 e. The second kappa shape index (κ2) is 11.6. The molecule has 0 saturated heterocycles. The van der Waals surface area contributed by atoms with Gasteiger partial charge in [0.05, 0.1) is 12.5 Å². The second-order valence-electron chi connectivity index (χ2n) is 12.6. The zero-order chi connectivity index (χ0) is 29.2. The third-order valence-corrected chi connectivity index (χ3v) is 8.41. The molecule has 1 aliphatic heterocycles. The van der Waals surface area contributed by atoms with Crippen LogP contribution in [0.4, 0.5) is 0 Å². The van der Waals surface area contributed by atoms with Gasteiger partial charge >= 0.3 is 0 Å². The Labute approximate surface area is 242 Å². The van der Waals surface area contributed by atoms with E-state index >= 15 is 0 Å². The van der Waals surface area contributed by atoms with Crippen LogP contribution in [0.25, 0.3) is 5.57 Å². The van der Waals surface area contributed by atoms with Gasteiger partial charge < -0.3 is 16.0 Å². The van der Waals surface area contributed by atoms with E-state index in [1.165, 1.54) is 5.57 Å². The van der Waals surface area contributed by atoms with E-state index in [2.05, 4.69) is 88.4 Å². The molecule has 1 aromatic heterocycles. The van der Waals surface area contributed by atoms with Gasteiger partial charge in [-0.15, -0.1) is 10.2 Å². The summed E-state index contributed by atoms with van der Waals surface area (Å²) in [6.07, 6.45) is 14.1. The fraction of sp³-hybridized carbons (Fsp3) is 0.469. The first-order valence-electron chi connectivity index (χ1n) is 14.5. The molecule has 3 atom stereocenters. The van der Waals surface area contributed by atoms with Gasteiger partial charge in [0.2, 0.25) is 17.6 Å². The number of amides is 2. The Kier molecular flexibility index (Phi) is 8.09. The maximum Gasteiger partial charge on any atom is 0.231 e. The number of nitrogens with zero attached hydrogens (tertiary/aromatic N) is 4. The molecule has 1 aromatic carbocycles. The van der Waals surface area contributed by atoms with Crippen LogP contribution in [-0.4, -0.2) is 49.4 Å². The third-order valence-electron chi connectivity index (χ3n) is 8.41. The van der Waals surface area contributed by atoms with E-state index in [4.69, 9.17) is 5.73 Å². The molecule has 2 unspecified atom stereocenters. The Hall–Kier alpha value is -3.85. The molecule has 0 spiro atoms. The van der Waals surface area contributed by atoms with E-state index in [-0.39, 0.29) is 29.6 Å². The van der Waals surface area contributed by atoms with Gasteiger partial charge in [0, 0.05) is 35.2 Å². The summed E-state index contributed by atoms with van der Waals surface area (Å²) in [7, 11) is 0. The van der Waals surface area contributed by atoms with Gasteiger partial charge in [-0.2, -0.15) is 5.21 Å². The summed E-state index contributed by atoms with van der Waals surface area (Å²) in [5.41, 5.74) is 10.7. The molecule has 2 amide bonds. The van der Waals surface area contributed by atoms with Crippen molar-refractivity contribution >= 4 is 17.4 Å². The molecule has 0 bridgehead atoms. The minimum atomic E-state index is -0.593. The summed E-state index contributed by atoms with van der Waals surface area (Å²) in [6.45, 7) is 8.85. The maximum atomic E-state index is 14.0. The second-order valence-corrected chi connectivity index (χ2v) is 12.6. The van der Waals surface area contributed by atoms with Crippen LogP contribution in [-0.2, 0) is 21.5 Å². The van der Waals surface area contributed by atoms with Gasteiger partial charge in [-0.25, -0.2) is 0 Å². The summed E-state index contributed by atoms with van der Waals surface area (Å²) < 4.78 is 0. The number of carbonyl (C=O) groups excluding carboxylic acids is 2. The molecule has 216 valence electrons. The molecule has 0 radical (unpaired) electrons. The normalized spacial score (nSPS) is 24.7. The van der Waals surface area contributed by atoms with Gasteiger partial charge in [0.15, 0.2) is 0 Å². The van der Waals surface area contributed by atoms with Gasteiger partial charge in [0.25, 0.3) is 0 Å². The Morgan fingerprint density at radius 1 is 1.27 bits per heavy atom. The zero-order valence-electron chi connectivity index (χ0n) is 24.5. The highest BCUT2D eigenvalue weighted by atomic mass is 16.2. The number of hydrogen-bond donors (Lipinski definition) is 3. The first-order chi connectivity index (χ1) is 19.5. The molecule has 0 saturated carbocycles. The van der Waals surface area contributed by atoms with Crippen molar-refractivity contribution < 1.29 is 9.59 Å². The Balaban J connectivity index is 1.37. The fourth-order valence-electron chi connectivity index (χ4n) is 6.07. The number of allylic oxidation sites excluding steroid dienone is 8. The van der Waals surface area contributed by atoms with Crippen LogP contribution >= 0.6 is 0 Å². The van der Waals surface area contributed by atoms with Crippen molar-refractivity contribution in [1.29, 1.82) is 0 Å². The molecular weight excluding hydrogens is 514 g/mol. The van der Waals surface area contributed by atoms with Crippen molar-refractivity contribution in [3.8, 4) is 0 Å². The Morgan fingerprint density at radius 3 is 2.76 bits per heavy atom.